The van der Waals surface area contributed by atoms with Crippen LogP contribution in [-0.2, 0) is 0 Å². The molecule has 0 amide bonds. The summed E-state index contributed by atoms with van der Waals surface area (Å²) in [6.07, 6.45) is 1.88. The third kappa shape index (κ3) is 2.83. The van der Waals surface area contributed by atoms with Gasteiger partial charge in [0.25, 0.3) is 5.69 Å². The second-order valence-corrected chi connectivity index (χ2v) is 4.30. The molecule has 0 aliphatic carbocycles. The second-order valence-electron chi connectivity index (χ2n) is 4.30. The van der Waals surface area contributed by atoms with E-state index in [9.17, 15) is 14.9 Å². The molecule has 0 fully saturated rings. The SMILES string of the molecule is CCCCC(=O)c1cc2c(cc1[N+](=O)[O-])OCCO2. The molecule has 1 aromatic carbocycles. The molecule has 0 saturated heterocycles. The summed E-state index contributed by atoms with van der Waals surface area (Å²) >= 11 is 0. The van der Waals surface area contributed by atoms with Gasteiger partial charge in [-0.2, -0.15) is 0 Å². The predicted molar refractivity (Wildman–Crippen MR) is 67.9 cm³/mol. The van der Waals surface area contributed by atoms with E-state index >= 15 is 0 Å². The Balaban J connectivity index is 2.39. The first-order valence-electron chi connectivity index (χ1n) is 6.24. The number of hydrogen-bond acceptors (Lipinski definition) is 5. The van der Waals surface area contributed by atoms with Gasteiger partial charge in [-0.15, -0.1) is 0 Å². The fourth-order valence-electron chi connectivity index (χ4n) is 1.92. The van der Waals surface area contributed by atoms with Crippen LogP contribution in [0.15, 0.2) is 12.1 Å². The molecule has 1 aliphatic rings. The average Bonchev–Trinajstić information content (AvgIpc) is 2.43. The summed E-state index contributed by atoms with van der Waals surface area (Å²) in [7, 11) is 0. The number of hydrogen-bond donors (Lipinski definition) is 0. The lowest BCUT2D eigenvalue weighted by Crippen LogP contribution is -2.16. The Morgan fingerprint density at radius 2 is 1.95 bits per heavy atom. The fourth-order valence-corrected chi connectivity index (χ4v) is 1.92. The minimum atomic E-state index is -0.558. The molecule has 2 rings (SSSR count). The lowest BCUT2D eigenvalue weighted by molar-refractivity contribution is -0.385. The summed E-state index contributed by atoms with van der Waals surface area (Å²) in [6.45, 7) is 2.70. The third-order valence-electron chi connectivity index (χ3n) is 2.92. The Bertz CT molecular complexity index is 512. The molecule has 19 heavy (non-hydrogen) atoms. The minimum absolute atomic E-state index is 0.0997. The molecular weight excluding hydrogens is 250 g/mol. The third-order valence-corrected chi connectivity index (χ3v) is 2.92. The number of rotatable bonds is 5. The van der Waals surface area contributed by atoms with Crippen molar-refractivity contribution in [2.24, 2.45) is 0 Å². The lowest BCUT2D eigenvalue weighted by atomic mass is 10.0. The van der Waals surface area contributed by atoms with Gasteiger partial charge in [0.1, 0.15) is 13.2 Å². The molecular formula is C13H15NO5. The van der Waals surface area contributed by atoms with Crippen molar-refractivity contribution in [3.63, 3.8) is 0 Å². The van der Waals surface area contributed by atoms with E-state index in [0.29, 0.717) is 37.6 Å². The van der Waals surface area contributed by atoms with Gasteiger partial charge in [0.2, 0.25) is 0 Å². The molecule has 6 nitrogen and oxygen atoms in total. The van der Waals surface area contributed by atoms with Gasteiger partial charge in [0, 0.05) is 12.5 Å². The van der Waals surface area contributed by atoms with Gasteiger partial charge in [0.05, 0.1) is 16.6 Å². The fraction of sp³-hybridized carbons (Fsp3) is 0.462. The first-order valence-corrected chi connectivity index (χ1v) is 6.24. The van der Waals surface area contributed by atoms with E-state index in [2.05, 4.69) is 0 Å². The lowest BCUT2D eigenvalue weighted by Gasteiger charge is -2.18. The first kappa shape index (κ1) is 13.3. The van der Waals surface area contributed by atoms with Gasteiger partial charge in [-0.05, 0) is 6.42 Å². The Morgan fingerprint density at radius 3 is 2.53 bits per heavy atom. The van der Waals surface area contributed by atoms with Crippen molar-refractivity contribution < 1.29 is 19.2 Å². The number of unbranched alkanes of at least 4 members (excludes halogenated alkanes) is 1. The number of Topliss-reactive ketones (excluding diaryl/α,β-unsaturated/α-hetero) is 1. The summed E-state index contributed by atoms with van der Waals surface area (Å²) in [5.74, 6) is 0.493. The largest absolute Gasteiger partial charge is 0.486 e. The van der Waals surface area contributed by atoms with Crippen molar-refractivity contribution in [3.05, 3.63) is 27.8 Å². The van der Waals surface area contributed by atoms with E-state index in [0.717, 1.165) is 6.42 Å². The van der Waals surface area contributed by atoms with Gasteiger partial charge in [0.15, 0.2) is 17.3 Å². The van der Waals surface area contributed by atoms with Gasteiger partial charge in [-0.25, -0.2) is 0 Å². The van der Waals surface area contributed by atoms with Crippen molar-refractivity contribution in [1.29, 1.82) is 0 Å². The van der Waals surface area contributed by atoms with E-state index < -0.39 is 4.92 Å². The molecule has 0 unspecified atom stereocenters. The number of carbonyl (C=O) groups is 1. The Morgan fingerprint density at radius 1 is 1.32 bits per heavy atom. The Kier molecular flexibility index (Phi) is 3.99. The molecule has 0 atom stereocenters. The number of ketones is 1. The van der Waals surface area contributed by atoms with Crippen LogP contribution >= 0.6 is 0 Å². The molecule has 0 radical (unpaired) electrons. The van der Waals surface area contributed by atoms with Gasteiger partial charge < -0.3 is 9.47 Å². The molecule has 0 N–H and O–H groups in total. The molecule has 102 valence electrons. The van der Waals surface area contributed by atoms with E-state index in [-0.39, 0.29) is 17.0 Å². The Labute approximate surface area is 110 Å². The highest BCUT2D eigenvalue weighted by Gasteiger charge is 2.25. The average molecular weight is 265 g/mol. The van der Waals surface area contributed by atoms with Crippen LogP contribution in [0.3, 0.4) is 0 Å². The maximum Gasteiger partial charge on any atom is 0.284 e. The van der Waals surface area contributed by atoms with E-state index in [1.165, 1.54) is 12.1 Å². The van der Waals surface area contributed by atoms with Crippen LogP contribution in [0.25, 0.3) is 0 Å². The van der Waals surface area contributed by atoms with Crippen LogP contribution < -0.4 is 9.47 Å². The van der Waals surface area contributed by atoms with Crippen LogP contribution in [0.4, 0.5) is 5.69 Å². The summed E-state index contributed by atoms with van der Waals surface area (Å²) in [5.41, 5.74) is -0.118. The summed E-state index contributed by atoms with van der Waals surface area (Å²) in [6, 6.07) is 2.69. The van der Waals surface area contributed by atoms with Crippen molar-refractivity contribution in [2.45, 2.75) is 26.2 Å². The standard InChI is InChI=1S/C13H15NO5/c1-2-3-4-11(15)9-7-12-13(19-6-5-18-12)8-10(9)14(16)17/h7-8H,2-6H2,1H3. The maximum atomic E-state index is 12.0. The van der Waals surface area contributed by atoms with Crippen LogP contribution in [-0.4, -0.2) is 23.9 Å². The van der Waals surface area contributed by atoms with Crippen molar-refractivity contribution in [3.8, 4) is 11.5 Å². The van der Waals surface area contributed by atoms with Gasteiger partial charge in [-0.3, -0.25) is 14.9 Å². The molecule has 0 spiro atoms. The van der Waals surface area contributed by atoms with Crippen molar-refractivity contribution in [2.75, 3.05) is 13.2 Å². The molecule has 0 saturated carbocycles. The normalized spacial score (nSPS) is 13.1. The first-order chi connectivity index (χ1) is 9.13. The molecule has 0 bridgehead atoms. The number of nitrogens with zero attached hydrogens (tertiary/aromatic N) is 1. The summed E-state index contributed by atoms with van der Waals surface area (Å²) in [5, 5.41) is 11.0. The predicted octanol–water partition coefficient (Wildman–Crippen LogP) is 2.74. The number of ether oxygens (including phenoxy) is 2. The molecule has 1 aromatic rings. The highest BCUT2D eigenvalue weighted by Crippen LogP contribution is 2.37. The van der Waals surface area contributed by atoms with Gasteiger partial charge >= 0.3 is 0 Å². The molecule has 0 aromatic heterocycles. The van der Waals surface area contributed by atoms with Crippen LogP contribution in [0, 0.1) is 10.1 Å². The number of carbonyl (C=O) groups excluding carboxylic acids is 1. The van der Waals surface area contributed by atoms with E-state index in [4.69, 9.17) is 9.47 Å². The van der Waals surface area contributed by atoms with E-state index in [1.54, 1.807) is 0 Å². The van der Waals surface area contributed by atoms with Gasteiger partial charge in [-0.1, -0.05) is 13.3 Å². The number of nitro groups is 1. The summed E-state index contributed by atoms with van der Waals surface area (Å²) < 4.78 is 10.6. The van der Waals surface area contributed by atoms with Crippen LogP contribution in [0.5, 0.6) is 11.5 Å². The topological polar surface area (TPSA) is 78.7 Å². The molecule has 1 aliphatic heterocycles. The molecule has 1 heterocycles. The smallest absolute Gasteiger partial charge is 0.284 e. The zero-order valence-electron chi connectivity index (χ0n) is 10.7. The number of benzene rings is 1. The number of fused-ring (bicyclic) bond motifs is 1. The summed E-state index contributed by atoms with van der Waals surface area (Å²) in [4.78, 5) is 22.5. The number of nitro benzene ring substituents is 1. The minimum Gasteiger partial charge on any atom is -0.486 e. The second kappa shape index (κ2) is 5.69. The van der Waals surface area contributed by atoms with Crippen LogP contribution in [0.2, 0.25) is 0 Å². The van der Waals surface area contributed by atoms with E-state index in [1.807, 2.05) is 6.92 Å². The maximum absolute atomic E-state index is 12.0. The zero-order chi connectivity index (χ0) is 13.8. The van der Waals surface area contributed by atoms with Crippen LogP contribution in [0.1, 0.15) is 36.5 Å². The van der Waals surface area contributed by atoms with Crippen molar-refractivity contribution in [1.82, 2.24) is 0 Å². The Hall–Kier alpha value is -2.11. The highest BCUT2D eigenvalue weighted by atomic mass is 16.6. The molecule has 6 heteroatoms. The van der Waals surface area contributed by atoms with Crippen molar-refractivity contribution >= 4 is 11.5 Å². The monoisotopic (exact) mass is 265 g/mol. The highest BCUT2D eigenvalue weighted by molar-refractivity contribution is 6.00. The quantitative estimate of drug-likeness (QED) is 0.464. The zero-order valence-corrected chi connectivity index (χ0v) is 10.7.